The van der Waals surface area contributed by atoms with E-state index < -0.39 is 0 Å². The molecule has 0 aromatic carbocycles. The van der Waals surface area contributed by atoms with Crippen molar-refractivity contribution in [3.8, 4) is 0 Å². The van der Waals surface area contributed by atoms with Crippen molar-refractivity contribution in [2.45, 2.75) is 6.54 Å². The van der Waals surface area contributed by atoms with Crippen LogP contribution in [0.15, 0.2) is 47.9 Å². The van der Waals surface area contributed by atoms with Crippen LogP contribution in [0.5, 0.6) is 0 Å². The number of aromatic nitrogens is 3. The van der Waals surface area contributed by atoms with Crippen LogP contribution in [0.2, 0.25) is 0 Å². The van der Waals surface area contributed by atoms with Gasteiger partial charge in [0.25, 0.3) is 11.5 Å². The Morgan fingerprint density at radius 2 is 2.13 bits per heavy atom. The zero-order valence-electron chi connectivity index (χ0n) is 16.6. The van der Waals surface area contributed by atoms with Crippen molar-refractivity contribution in [2.75, 3.05) is 39.4 Å². The minimum atomic E-state index is -0.384. The van der Waals surface area contributed by atoms with E-state index in [0.29, 0.717) is 37.6 Å². The molecule has 3 aromatic rings. The van der Waals surface area contributed by atoms with E-state index in [1.807, 2.05) is 0 Å². The number of pyridine rings is 2. The number of nitrogens with zero attached hydrogens (tertiary/aromatic N) is 4. The Morgan fingerprint density at radius 3 is 2.90 bits per heavy atom. The third kappa shape index (κ3) is 3.77. The molecule has 1 aliphatic rings. The largest absolute Gasteiger partial charge is 0.379 e. The van der Waals surface area contributed by atoms with Crippen molar-refractivity contribution in [3.05, 3.63) is 64.5 Å². The highest BCUT2D eigenvalue weighted by Crippen LogP contribution is 2.10. The number of amides is 1. The van der Waals surface area contributed by atoms with Gasteiger partial charge in [-0.25, -0.2) is 4.98 Å². The Balaban J connectivity index is 1.71. The second kappa shape index (κ2) is 8.60. The van der Waals surface area contributed by atoms with Crippen LogP contribution in [0.4, 0.5) is 0 Å². The third-order valence-corrected chi connectivity index (χ3v) is 5.19. The van der Waals surface area contributed by atoms with E-state index in [2.05, 4.69) is 21.8 Å². The quantitative estimate of drug-likeness (QED) is 0.453. The summed E-state index contributed by atoms with van der Waals surface area (Å²) in [5, 5.41) is 11.7. The number of carbonyl (C=O) groups excluding carboxylic acids is 1. The second-order valence-electron chi connectivity index (χ2n) is 7.10. The molecule has 0 unspecified atom stereocenters. The minimum absolute atomic E-state index is 0.00143. The number of carbonyl (C=O) groups is 1. The lowest BCUT2D eigenvalue weighted by Gasteiger charge is -2.26. The van der Waals surface area contributed by atoms with Gasteiger partial charge < -0.3 is 14.6 Å². The van der Waals surface area contributed by atoms with Gasteiger partial charge in [0.1, 0.15) is 16.8 Å². The summed E-state index contributed by atoms with van der Waals surface area (Å²) in [7, 11) is 0. The zero-order chi connectivity index (χ0) is 21.1. The lowest BCUT2D eigenvalue weighted by molar-refractivity contribution is 0.0383. The van der Waals surface area contributed by atoms with Gasteiger partial charge in [0.2, 0.25) is 0 Å². The molecule has 1 aliphatic heterocycles. The van der Waals surface area contributed by atoms with Crippen LogP contribution in [0.25, 0.3) is 16.7 Å². The fraction of sp³-hybridized carbons (Fsp3) is 0.333. The Morgan fingerprint density at radius 1 is 1.33 bits per heavy atom. The Kier molecular flexibility index (Phi) is 5.73. The summed E-state index contributed by atoms with van der Waals surface area (Å²) < 4.78 is 8.30. The summed E-state index contributed by atoms with van der Waals surface area (Å²) in [6.07, 6.45) is 3.25. The van der Waals surface area contributed by atoms with Gasteiger partial charge in [-0.1, -0.05) is 12.1 Å². The first-order valence-electron chi connectivity index (χ1n) is 9.89. The lowest BCUT2D eigenvalue weighted by atomic mass is 10.2. The predicted molar refractivity (Wildman–Crippen MR) is 113 cm³/mol. The molecule has 4 heterocycles. The van der Waals surface area contributed by atoms with Gasteiger partial charge in [-0.3, -0.25) is 24.3 Å². The fourth-order valence-electron chi connectivity index (χ4n) is 3.61. The molecule has 0 aliphatic carbocycles. The van der Waals surface area contributed by atoms with Gasteiger partial charge in [0.15, 0.2) is 0 Å². The van der Waals surface area contributed by atoms with Crippen molar-refractivity contribution in [3.63, 3.8) is 0 Å². The van der Waals surface area contributed by atoms with Crippen LogP contribution in [0.1, 0.15) is 10.4 Å². The molecule has 1 saturated heterocycles. The maximum Gasteiger partial charge on any atom is 0.267 e. The number of ether oxygens (including phenoxy) is 1. The van der Waals surface area contributed by atoms with Gasteiger partial charge in [0, 0.05) is 38.9 Å². The number of nitrogens with one attached hydrogen (secondary N) is 2. The highest BCUT2D eigenvalue weighted by Gasteiger charge is 2.17. The summed E-state index contributed by atoms with van der Waals surface area (Å²) in [6.45, 7) is 8.22. The van der Waals surface area contributed by atoms with E-state index in [0.717, 1.165) is 13.1 Å². The standard InChI is InChI=1S/C21H24N6O3/c1-2-7-27-18(22)15(20(28)23-6-9-25-10-12-30-13-11-25)14-16-19(27)24-17-5-3-4-8-26(17)21(16)29/h2-5,8,14,22H,1,6-7,9-13H2,(H,23,28). The van der Waals surface area contributed by atoms with Gasteiger partial charge in [-0.2, -0.15) is 0 Å². The number of fused-ring (bicyclic) bond motifs is 2. The zero-order valence-corrected chi connectivity index (χ0v) is 16.6. The van der Waals surface area contributed by atoms with Crippen molar-refractivity contribution in [2.24, 2.45) is 0 Å². The Hall–Kier alpha value is -3.30. The van der Waals surface area contributed by atoms with Crippen molar-refractivity contribution >= 4 is 22.6 Å². The van der Waals surface area contributed by atoms with Gasteiger partial charge in [0.05, 0.1) is 24.2 Å². The summed E-state index contributed by atoms with van der Waals surface area (Å²) in [5.41, 5.74) is 0.700. The molecule has 0 bridgehead atoms. The summed E-state index contributed by atoms with van der Waals surface area (Å²) in [4.78, 5) is 32.6. The first kappa shape index (κ1) is 20.0. The maximum atomic E-state index is 13.0. The van der Waals surface area contributed by atoms with E-state index in [9.17, 15) is 9.59 Å². The third-order valence-electron chi connectivity index (χ3n) is 5.19. The average Bonchev–Trinajstić information content (AvgIpc) is 2.77. The number of rotatable bonds is 6. The predicted octanol–water partition coefficient (Wildman–Crippen LogP) is 0.377. The molecule has 1 fully saturated rings. The van der Waals surface area contributed by atoms with E-state index in [-0.39, 0.29) is 34.4 Å². The van der Waals surface area contributed by atoms with Crippen LogP contribution >= 0.6 is 0 Å². The lowest BCUT2D eigenvalue weighted by Crippen LogP contribution is -2.42. The van der Waals surface area contributed by atoms with Crippen LogP contribution in [-0.2, 0) is 11.3 Å². The molecule has 0 atom stereocenters. The molecule has 0 radical (unpaired) electrons. The SMILES string of the molecule is C=CCn1c(=N)c(C(=O)NCCN2CCOCC2)cc2c(=O)n3ccccc3nc21. The monoisotopic (exact) mass is 408 g/mol. The van der Waals surface area contributed by atoms with Crippen molar-refractivity contribution in [1.29, 1.82) is 5.41 Å². The molecule has 9 heteroatoms. The number of morpholine rings is 1. The van der Waals surface area contributed by atoms with E-state index in [1.54, 1.807) is 30.5 Å². The number of hydrogen-bond acceptors (Lipinski definition) is 6. The van der Waals surface area contributed by atoms with E-state index >= 15 is 0 Å². The number of allylic oxidation sites excluding steroid dienone is 1. The molecule has 4 rings (SSSR count). The highest BCUT2D eigenvalue weighted by atomic mass is 16.5. The number of hydrogen-bond donors (Lipinski definition) is 2. The Bertz CT molecular complexity index is 1220. The topological polar surface area (TPSA) is 105 Å². The van der Waals surface area contributed by atoms with Crippen LogP contribution in [0, 0.1) is 5.41 Å². The first-order chi connectivity index (χ1) is 14.6. The van der Waals surface area contributed by atoms with Crippen molar-refractivity contribution in [1.82, 2.24) is 24.2 Å². The van der Waals surface area contributed by atoms with Gasteiger partial charge in [-0.15, -0.1) is 6.58 Å². The molecular formula is C21H24N6O3. The normalized spacial score (nSPS) is 14.8. The second-order valence-corrected chi connectivity index (χ2v) is 7.10. The summed E-state index contributed by atoms with van der Waals surface area (Å²) >= 11 is 0. The highest BCUT2D eigenvalue weighted by molar-refractivity contribution is 5.96. The molecule has 1 amide bonds. The molecule has 3 aromatic heterocycles. The molecule has 30 heavy (non-hydrogen) atoms. The van der Waals surface area contributed by atoms with Crippen LogP contribution in [0.3, 0.4) is 0 Å². The van der Waals surface area contributed by atoms with E-state index in [4.69, 9.17) is 10.1 Å². The minimum Gasteiger partial charge on any atom is -0.379 e. The summed E-state index contributed by atoms with van der Waals surface area (Å²) in [6, 6.07) is 6.74. The summed E-state index contributed by atoms with van der Waals surface area (Å²) in [5.74, 6) is -0.384. The molecule has 2 N–H and O–H groups in total. The smallest absolute Gasteiger partial charge is 0.267 e. The van der Waals surface area contributed by atoms with Crippen LogP contribution < -0.4 is 16.4 Å². The molecule has 0 spiro atoms. The average molecular weight is 408 g/mol. The first-order valence-corrected chi connectivity index (χ1v) is 9.89. The fourth-order valence-corrected chi connectivity index (χ4v) is 3.61. The molecule has 156 valence electrons. The van der Waals surface area contributed by atoms with Gasteiger partial charge in [-0.05, 0) is 18.2 Å². The van der Waals surface area contributed by atoms with E-state index in [1.165, 1.54) is 15.0 Å². The molecule has 9 nitrogen and oxygen atoms in total. The van der Waals surface area contributed by atoms with Gasteiger partial charge >= 0.3 is 0 Å². The van der Waals surface area contributed by atoms with Crippen molar-refractivity contribution < 1.29 is 9.53 Å². The Labute approximate surface area is 172 Å². The van der Waals surface area contributed by atoms with Crippen LogP contribution in [-0.4, -0.2) is 64.2 Å². The maximum absolute atomic E-state index is 13.0. The molecular weight excluding hydrogens is 384 g/mol. The molecule has 0 saturated carbocycles.